The van der Waals surface area contributed by atoms with Crippen molar-refractivity contribution in [2.75, 3.05) is 7.11 Å². The number of hydrogen-bond donors (Lipinski definition) is 1. The molecule has 16 heavy (non-hydrogen) atoms. The Labute approximate surface area is 90.5 Å². The molecule has 0 aliphatic carbocycles. The summed E-state index contributed by atoms with van der Waals surface area (Å²) in [4.78, 5) is 23.4. The lowest BCUT2D eigenvalue weighted by molar-refractivity contribution is -0.157. The van der Waals surface area contributed by atoms with Gasteiger partial charge in [-0.3, -0.25) is 4.79 Å². The van der Waals surface area contributed by atoms with Gasteiger partial charge in [0.1, 0.15) is 0 Å². The fourth-order valence-electron chi connectivity index (χ4n) is 1.44. The first kappa shape index (κ1) is 10.3. The van der Waals surface area contributed by atoms with Gasteiger partial charge in [-0.05, 0) is 0 Å². The number of ether oxygens (including phenoxy) is 3. The van der Waals surface area contributed by atoms with Crippen LogP contribution in [0.5, 0.6) is 0 Å². The van der Waals surface area contributed by atoms with E-state index in [0.717, 1.165) is 13.4 Å². The number of fused-ring (bicyclic) bond motifs is 1. The summed E-state index contributed by atoms with van der Waals surface area (Å²) in [6.45, 7) is 0. The average molecular weight is 227 g/mol. The van der Waals surface area contributed by atoms with Gasteiger partial charge >= 0.3 is 6.16 Å². The van der Waals surface area contributed by atoms with Gasteiger partial charge < -0.3 is 19.3 Å². The summed E-state index contributed by atoms with van der Waals surface area (Å²) in [5, 5.41) is 8.62. The van der Waals surface area contributed by atoms with Gasteiger partial charge in [0.2, 0.25) is 5.91 Å². The molecule has 0 saturated carbocycles. The largest absolute Gasteiger partial charge is 0.515 e. The SMILES string of the molecule is COC(=O)OC1=C(C=CO)O[C@@H]2CC(=O)N12. The molecule has 1 saturated heterocycles. The Morgan fingerprint density at radius 2 is 2.44 bits per heavy atom. The second-order valence-corrected chi connectivity index (χ2v) is 3.08. The Kier molecular flexibility index (Phi) is 2.43. The lowest BCUT2D eigenvalue weighted by Crippen LogP contribution is -2.49. The normalized spacial score (nSPS) is 22.9. The summed E-state index contributed by atoms with van der Waals surface area (Å²) in [7, 11) is 1.15. The molecule has 2 aliphatic heterocycles. The highest BCUT2D eigenvalue weighted by molar-refractivity contribution is 5.85. The number of methoxy groups -OCH3 is 1. The van der Waals surface area contributed by atoms with Gasteiger partial charge in [-0.1, -0.05) is 0 Å². The zero-order chi connectivity index (χ0) is 11.7. The Morgan fingerprint density at radius 3 is 3.00 bits per heavy atom. The summed E-state index contributed by atoms with van der Waals surface area (Å²) in [6, 6.07) is 0. The number of β-lactam (4-membered cyclic amide) rings is 1. The number of hydrogen-bond acceptors (Lipinski definition) is 6. The minimum absolute atomic E-state index is 0.0570. The van der Waals surface area contributed by atoms with E-state index in [-0.39, 0.29) is 24.0 Å². The van der Waals surface area contributed by atoms with Crippen molar-refractivity contribution in [1.82, 2.24) is 4.90 Å². The molecule has 2 aliphatic rings. The predicted octanol–water partition coefficient (Wildman–Crippen LogP) is 0.599. The van der Waals surface area contributed by atoms with Gasteiger partial charge in [-0.25, -0.2) is 9.69 Å². The summed E-state index contributed by atoms with van der Waals surface area (Å²) in [5.41, 5.74) is 0. The minimum atomic E-state index is -0.956. The number of rotatable bonds is 2. The molecule has 0 aromatic carbocycles. The fourth-order valence-corrected chi connectivity index (χ4v) is 1.44. The molecule has 0 aromatic rings. The maximum absolute atomic E-state index is 11.2. The molecule has 1 atom stereocenters. The van der Waals surface area contributed by atoms with Crippen LogP contribution in [0.4, 0.5) is 4.79 Å². The van der Waals surface area contributed by atoms with E-state index in [0.29, 0.717) is 0 Å². The van der Waals surface area contributed by atoms with Crippen molar-refractivity contribution < 1.29 is 28.9 Å². The molecule has 0 spiro atoms. The molecular formula is C9H9NO6. The zero-order valence-electron chi connectivity index (χ0n) is 8.37. The molecule has 0 aromatic heterocycles. The molecular weight excluding hydrogens is 218 g/mol. The van der Waals surface area contributed by atoms with Crippen LogP contribution >= 0.6 is 0 Å². The molecule has 7 heteroatoms. The summed E-state index contributed by atoms with van der Waals surface area (Å²) in [6.07, 6.45) is 0.716. The van der Waals surface area contributed by atoms with Crippen LogP contribution in [0.15, 0.2) is 24.0 Å². The van der Waals surface area contributed by atoms with Crippen molar-refractivity contribution in [3.63, 3.8) is 0 Å². The molecule has 0 unspecified atom stereocenters. The molecule has 0 bridgehead atoms. The van der Waals surface area contributed by atoms with Crippen molar-refractivity contribution in [3.05, 3.63) is 24.0 Å². The van der Waals surface area contributed by atoms with E-state index in [1.165, 1.54) is 11.0 Å². The molecule has 1 fully saturated rings. The number of carbonyl (C=O) groups excluding carboxylic acids is 2. The Hall–Kier alpha value is -2.18. The lowest BCUT2D eigenvalue weighted by Gasteiger charge is -2.32. The monoisotopic (exact) mass is 227 g/mol. The number of carbonyl (C=O) groups is 2. The first-order valence-electron chi connectivity index (χ1n) is 4.47. The molecule has 7 nitrogen and oxygen atoms in total. The van der Waals surface area contributed by atoms with E-state index in [1.54, 1.807) is 0 Å². The number of aliphatic hydroxyl groups is 1. The van der Waals surface area contributed by atoms with Crippen molar-refractivity contribution >= 4 is 12.1 Å². The minimum Gasteiger partial charge on any atom is -0.515 e. The maximum atomic E-state index is 11.2. The molecule has 1 N–H and O–H groups in total. The van der Waals surface area contributed by atoms with Crippen LogP contribution in [0.2, 0.25) is 0 Å². The molecule has 2 heterocycles. The standard InChI is InChI=1S/C9H9NO6/c1-14-9(13)16-8-5(2-3-11)15-7-4-6(12)10(7)8/h2-3,7,11H,4H2,1H3/t7-/m1/s1. The first-order chi connectivity index (χ1) is 7.67. The van der Waals surface area contributed by atoms with E-state index in [1.807, 2.05) is 0 Å². The van der Waals surface area contributed by atoms with Crippen LogP contribution < -0.4 is 0 Å². The van der Waals surface area contributed by atoms with Gasteiger partial charge in [0.15, 0.2) is 12.0 Å². The topological polar surface area (TPSA) is 85.3 Å². The third-order valence-corrected chi connectivity index (χ3v) is 2.17. The number of amides is 1. The van der Waals surface area contributed by atoms with E-state index in [2.05, 4.69) is 4.74 Å². The van der Waals surface area contributed by atoms with Crippen LogP contribution in [0.25, 0.3) is 0 Å². The van der Waals surface area contributed by atoms with Gasteiger partial charge in [-0.2, -0.15) is 0 Å². The average Bonchev–Trinajstić information content (AvgIpc) is 2.51. The van der Waals surface area contributed by atoms with Crippen molar-refractivity contribution in [1.29, 1.82) is 0 Å². The van der Waals surface area contributed by atoms with Crippen LogP contribution in [0, 0.1) is 0 Å². The maximum Gasteiger partial charge on any atom is 0.514 e. The van der Waals surface area contributed by atoms with E-state index in [9.17, 15) is 9.59 Å². The van der Waals surface area contributed by atoms with Crippen LogP contribution in [0.3, 0.4) is 0 Å². The van der Waals surface area contributed by atoms with Gasteiger partial charge in [0.25, 0.3) is 5.88 Å². The summed E-state index contributed by atoms with van der Waals surface area (Å²) in [5.74, 6) is -0.160. The Balaban J connectivity index is 2.22. The molecule has 2 rings (SSSR count). The van der Waals surface area contributed by atoms with E-state index in [4.69, 9.17) is 14.6 Å². The van der Waals surface area contributed by atoms with Crippen LogP contribution in [0.1, 0.15) is 6.42 Å². The number of allylic oxidation sites excluding steroid dienone is 1. The second-order valence-electron chi connectivity index (χ2n) is 3.08. The van der Waals surface area contributed by atoms with Crippen molar-refractivity contribution in [2.24, 2.45) is 0 Å². The number of nitrogens with zero attached hydrogens (tertiary/aromatic N) is 1. The lowest BCUT2D eigenvalue weighted by atomic mass is 10.2. The summed E-state index contributed by atoms with van der Waals surface area (Å²) >= 11 is 0. The number of aliphatic hydroxyl groups excluding tert-OH is 1. The van der Waals surface area contributed by atoms with Crippen molar-refractivity contribution in [2.45, 2.75) is 12.6 Å². The van der Waals surface area contributed by atoms with Crippen LogP contribution in [-0.4, -0.2) is 35.4 Å². The third kappa shape index (κ3) is 1.46. The highest BCUT2D eigenvalue weighted by Crippen LogP contribution is 2.36. The summed E-state index contributed by atoms with van der Waals surface area (Å²) < 4.78 is 14.3. The van der Waals surface area contributed by atoms with Gasteiger partial charge in [0.05, 0.1) is 19.8 Å². The quantitative estimate of drug-likeness (QED) is 0.422. The third-order valence-electron chi connectivity index (χ3n) is 2.17. The van der Waals surface area contributed by atoms with E-state index >= 15 is 0 Å². The zero-order valence-corrected chi connectivity index (χ0v) is 8.37. The first-order valence-corrected chi connectivity index (χ1v) is 4.47. The Bertz CT molecular complexity index is 399. The van der Waals surface area contributed by atoms with E-state index < -0.39 is 12.4 Å². The molecule has 86 valence electrons. The molecule has 0 radical (unpaired) electrons. The second kappa shape index (κ2) is 3.76. The van der Waals surface area contributed by atoms with Gasteiger partial charge in [0, 0.05) is 6.08 Å². The highest BCUT2D eigenvalue weighted by Gasteiger charge is 2.49. The smallest absolute Gasteiger partial charge is 0.514 e. The van der Waals surface area contributed by atoms with Crippen LogP contribution in [-0.2, 0) is 19.0 Å². The van der Waals surface area contributed by atoms with Crippen molar-refractivity contribution in [3.8, 4) is 0 Å². The fraction of sp³-hybridized carbons (Fsp3) is 0.333. The van der Waals surface area contributed by atoms with Gasteiger partial charge in [-0.15, -0.1) is 0 Å². The predicted molar refractivity (Wildman–Crippen MR) is 48.6 cm³/mol. The Morgan fingerprint density at radius 1 is 1.69 bits per heavy atom. The highest BCUT2D eigenvalue weighted by atomic mass is 16.7. The molecule has 1 amide bonds.